The molecule has 20 heavy (non-hydrogen) atoms. The SMILES string of the molecule is [O-][NH+]([O-])c1ccc(Sc2cccc[n+]2O)c2nonc12. The molecule has 0 fully saturated rings. The minimum Gasteiger partial charge on any atom is -0.628 e. The van der Waals surface area contributed by atoms with Gasteiger partial charge in [-0.3, -0.25) is 5.21 Å². The Morgan fingerprint density at radius 3 is 2.70 bits per heavy atom. The van der Waals surface area contributed by atoms with Crippen LogP contribution >= 0.6 is 11.8 Å². The highest BCUT2D eigenvalue weighted by molar-refractivity contribution is 7.99. The van der Waals surface area contributed by atoms with Crippen LogP contribution in [-0.4, -0.2) is 15.5 Å². The van der Waals surface area contributed by atoms with E-state index >= 15 is 0 Å². The molecule has 0 saturated carbocycles. The summed E-state index contributed by atoms with van der Waals surface area (Å²) in [6.07, 6.45) is 1.48. The van der Waals surface area contributed by atoms with E-state index in [0.29, 0.717) is 15.4 Å². The highest BCUT2D eigenvalue weighted by Gasteiger charge is 2.18. The van der Waals surface area contributed by atoms with E-state index < -0.39 is 5.23 Å². The summed E-state index contributed by atoms with van der Waals surface area (Å²) in [5.74, 6) is 0. The molecule has 9 heteroatoms. The Morgan fingerprint density at radius 2 is 1.95 bits per heavy atom. The second-order valence-corrected chi connectivity index (χ2v) is 4.91. The van der Waals surface area contributed by atoms with Crippen molar-refractivity contribution in [3.8, 4) is 0 Å². The zero-order valence-electron chi connectivity index (χ0n) is 9.89. The summed E-state index contributed by atoms with van der Waals surface area (Å²) in [7, 11) is 0. The van der Waals surface area contributed by atoms with Crippen LogP contribution in [0.1, 0.15) is 0 Å². The Kier molecular flexibility index (Phi) is 3.24. The molecule has 102 valence electrons. The quantitative estimate of drug-likeness (QED) is 0.408. The van der Waals surface area contributed by atoms with Gasteiger partial charge in [0.2, 0.25) is 6.20 Å². The molecule has 0 bridgehead atoms. The van der Waals surface area contributed by atoms with Crippen molar-refractivity contribution in [1.82, 2.24) is 10.3 Å². The zero-order chi connectivity index (χ0) is 14.1. The molecular weight excluding hydrogens is 284 g/mol. The van der Waals surface area contributed by atoms with Crippen LogP contribution in [0.15, 0.2) is 51.1 Å². The molecule has 1 aromatic carbocycles. The molecular formula is C11H8N4O4S. The number of nitrogens with one attached hydrogen (secondary N) is 1. The van der Waals surface area contributed by atoms with Crippen molar-refractivity contribution in [3.05, 3.63) is 46.9 Å². The summed E-state index contributed by atoms with van der Waals surface area (Å²) in [6, 6.07) is 8.08. The molecule has 3 aromatic rings. The van der Waals surface area contributed by atoms with E-state index in [9.17, 15) is 15.6 Å². The van der Waals surface area contributed by atoms with Crippen molar-refractivity contribution in [2.75, 3.05) is 0 Å². The summed E-state index contributed by atoms with van der Waals surface area (Å²) in [4.78, 5) is 0.611. The van der Waals surface area contributed by atoms with Crippen LogP contribution < -0.4 is 9.96 Å². The number of benzene rings is 1. The van der Waals surface area contributed by atoms with Crippen molar-refractivity contribution >= 4 is 28.5 Å². The molecule has 2 N–H and O–H groups in total. The highest BCUT2D eigenvalue weighted by Crippen LogP contribution is 2.32. The van der Waals surface area contributed by atoms with E-state index in [2.05, 4.69) is 14.9 Å². The van der Waals surface area contributed by atoms with Crippen molar-refractivity contribution in [2.24, 2.45) is 0 Å². The molecule has 0 saturated heterocycles. The van der Waals surface area contributed by atoms with Crippen LogP contribution in [0, 0.1) is 10.4 Å². The van der Waals surface area contributed by atoms with Gasteiger partial charge in [-0.1, -0.05) is 0 Å². The van der Waals surface area contributed by atoms with E-state index in [-0.39, 0.29) is 11.2 Å². The maximum atomic E-state index is 11.0. The fourth-order valence-corrected chi connectivity index (χ4v) is 2.60. The largest absolute Gasteiger partial charge is 0.628 e. The van der Waals surface area contributed by atoms with Crippen LogP contribution in [0.2, 0.25) is 0 Å². The summed E-state index contributed by atoms with van der Waals surface area (Å²) in [6.45, 7) is 0. The van der Waals surface area contributed by atoms with Crippen molar-refractivity contribution in [1.29, 1.82) is 0 Å². The van der Waals surface area contributed by atoms with Gasteiger partial charge in [0, 0.05) is 22.9 Å². The lowest BCUT2D eigenvalue weighted by Crippen LogP contribution is -2.96. The summed E-state index contributed by atoms with van der Waals surface area (Å²) in [5.41, 5.74) is 0.339. The minimum absolute atomic E-state index is 0.0875. The van der Waals surface area contributed by atoms with Gasteiger partial charge in [-0.15, -0.1) is 0 Å². The normalized spacial score (nSPS) is 11.3. The van der Waals surface area contributed by atoms with Gasteiger partial charge in [0.05, 0.1) is 4.90 Å². The van der Waals surface area contributed by atoms with E-state index in [1.807, 2.05) is 0 Å². The molecule has 0 amide bonds. The van der Waals surface area contributed by atoms with Gasteiger partial charge in [0.1, 0.15) is 0 Å². The Morgan fingerprint density at radius 1 is 1.15 bits per heavy atom. The van der Waals surface area contributed by atoms with E-state index in [1.54, 1.807) is 24.3 Å². The molecule has 0 aliphatic heterocycles. The van der Waals surface area contributed by atoms with Crippen LogP contribution in [0.3, 0.4) is 0 Å². The minimum atomic E-state index is -1.35. The van der Waals surface area contributed by atoms with Crippen LogP contribution in [0.4, 0.5) is 5.69 Å². The van der Waals surface area contributed by atoms with Gasteiger partial charge in [0.25, 0.3) is 5.03 Å². The Bertz CT molecular complexity index is 761. The predicted octanol–water partition coefficient (Wildman–Crippen LogP) is 0.411. The Balaban J connectivity index is 2.07. The average Bonchev–Trinajstić information content (AvgIpc) is 2.90. The second-order valence-electron chi connectivity index (χ2n) is 3.85. The number of hydrogen-bond donors (Lipinski definition) is 2. The number of hydrogen-bond acceptors (Lipinski definition) is 7. The molecule has 2 heterocycles. The monoisotopic (exact) mass is 292 g/mol. The van der Waals surface area contributed by atoms with E-state index in [4.69, 9.17) is 0 Å². The van der Waals surface area contributed by atoms with Gasteiger partial charge < -0.3 is 15.6 Å². The third kappa shape index (κ3) is 2.18. The molecule has 3 rings (SSSR count). The number of rotatable bonds is 3. The molecule has 0 aliphatic carbocycles. The number of aromatic nitrogens is 3. The third-order valence-corrected chi connectivity index (χ3v) is 3.70. The second kappa shape index (κ2) is 5.06. The van der Waals surface area contributed by atoms with Gasteiger partial charge >= 0.3 is 0 Å². The van der Waals surface area contributed by atoms with Gasteiger partial charge in [0.15, 0.2) is 16.7 Å². The molecule has 2 aromatic heterocycles. The Hall–Kier alpha value is -2.20. The molecule has 0 atom stereocenters. The summed E-state index contributed by atoms with van der Waals surface area (Å²) >= 11 is 1.21. The van der Waals surface area contributed by atoms with E-state index in [0.717, 1.165) is 4.73 Å². The lowest BCUT2D eigenvalue weighted by atomic mass is 10.3. The number of pyridine rings is 1. The lowest BCUT2D eigenvalue weighted by molar-refractivity contribution is -0.932. The fraction of sp³-hybridized carbons (Fsp3) is 0. The summed E-state index contributed by atoms with van der Waals surface area (Å²) in [5, 5.41) is 38.1. The molecule has 0 radical (unpaired) electrons. The van der Waals surface area contributed by atoms with Crippen molar-refractivity contribution in [3.63, 3.8) is 0 Å². The van der Waals surface area contributed by atoms with Crippen molar-refractivity contribution < 1.29 is 19.8 Å². The summed E-state index contributed by atoms with van der Waals surface area (Å²) < 4.78 is 5.55. The van der Waals surface area contributed by atoms with Crippen LogP contribution in [-0.2, 0) is 0 Å². The topological polar surface area (TPSA) is 114 Å². The predicted molar refractivity (Wildman–Crippen MR) is 67.1 cm³/mol. The maximum absolute atomic E-state index is 11.0. The average molecular weight is 292 g/mol. The van der Waals surface area contributed by atoms with Gasteiger partial charge in [-0.05, 0) is 34.2 Å². The number of fused-ring (bicyclic) bond motifs is 1. The molecule has 8 nitrogen and oxygen atoms in total. The lowest BCUT2D eigenvalue weighted by Gasteiger charge is -2.24. The van der Waals surface area contributed by atoms with Gasteiger partial charge in [-0.25, -0.2) is 4.63 Å². The maximum Gasteiger partial charge on any atom is 0.295 e. The third-order valence-electron chi connectivity index (χ3n) is 2.62. The zero-order valence-corrected chi connectivity index (χ0v) is 10.7. The number of quaternary nitrogens is 1. The smallest absolute Gasteiger partial charge is 0.295 e. The van der Waals surface area contributed by atoms with Crippen LogP contribution in [0.25, 0.3) is 11.0 Å². The first-order valence-electron chi connectivity index (χ1n) is 5.51. The number of nitrogens with zero attached hydrogens (tertiary/aromatic N) is 3. The molecule has 0 spiro atoms. The van der Waals surface area contributed by atoms with Gasteiger partial charge in [-0.2, -0.15) is 0 Å². The Labute approximate surface area is 116 Å². The fourth-order valence-electron chi connectivity index (χ4n) is 1.70. The first-order chi connectivity index (χ1) is 9.66. The first kappa shape index (κ1) is 12.8. The molecule has 0 unspecified atom stereocenters. The highest BCUT2D eigenvalue weighted by atomic mass is 32.2. The molecule has 0 aliphatic rings. The van der Waals surface area contributed by atoms with Crippen LogP contribution in [0.5, 0.6) is 0 Å². The van der Waals surface area contributed by atoms with E-state index in [1.165, 1.54) is 24.0 Å². The standard InChI is InChI=1S/C11H8N4O4S/c16-14-6-2-1-3-9(14)20-8-5-4-7(15(17)18)10-11(8)13-19-12-10/h1-6,15-16H. The first-order valence-corrected chi connectivity index (χ1v) is 6.33. The van der Waals surface area contributed by atoms with Crippen molar-refractivity contribution in [2.45, 2.75) is 9.92 Å².